The molecule has 0 saturated carbocycles. The number of methoxy groups -OCH3 is 1. The summed E-state index contributed by atoms with van der Waals surface area (Å²) < 4.78 is 5.08. The van der Waals surface area contributed by atoms with Gasteiger partial charge in [0.2, 0.25) is 0 Å². The van der Waals surface area contributed by atoms with E-state index in [0.29, 0.717) is 22.9 Å². The van der Waals surface area contributed by atoms with Crippen LogP contribution in [-0.2, 0) is 37.9 Å². The van der Waals surface area contributed by atoms with Crippen LogP contribution < -0.4 is 4.74 Å². The van der Waals surface area contributed by atoms with E-state index in [0.717, 1.165) is 27.5 Å². The van der Waals surface area contributed by atoms with Gasteiger partial charge in [0.25, 0.3) is 0 Å². The number of phenols is 3. The lowest BCUT2D eigenvalue weighted by Gasteiger charge is -2.20. The van der Waals surface area contributed by atoms with Gasteiger partial charge in [0.05, 0.1) is 7.11 Å². The third-order valence-corrected chi connectivity index (χ3v) is 13.8. The molecule has 7 nitrogen and oxygen atoms in total. The monoisotopic (exact) mass is 1260 g/mol. The highest BCUT2D eigenvalue weighted by Gasteiger charge is 2.18. The molecule has 0 aliphatic rings. The summed E-state index contributed by atoms with van der Waals surface area (Å²) in [7, 11) is 1.69. The van der Waals surface area contributed by atoms with E-state index in [2.05, 4.69) is 223 Å². The van der Waals surface area contributed by atoms with Crippen molar-refractivity contribution in [1.29, 1.82) is 0 Å². The summed E-state index contributed by atoms with van der Waals surface area (Å²) in [6, 6.07) is 49.8. The average molecular weight is 1260 g/mol. The molecule has 0 aliphatic heterocycles. The zero-order valence-corrected chi connectivity index (χ0v) is 56.7. The van der Waals surface area contributed by atoms with Crippen molar-refractivity contribution in [1.82, 2.24) is 0 Å². The fourth-order valence-corrected chi connectivity index (χ4v) is 7.83. The Morgan fingerprint density at radius 2 is 0.667 bits per heavy atom. The minimum atomic E-state index is 0. The third kappa shape index (κ3) is 36.9. The van der Waals surface area contributed by atoms with Crippen molar-refractivity contribution in [2.75, 3.05) is 7.11 Å². The molecular weight excluding hydrogens is 1130 g/mol. The van der Waals surface area contributed by atoms with Crippen molar-refractivity contribution < 1.29 is 20.1 Å². The molecule has 0 spiro atoms. The largest absolute Gasteiger partial charge is 0.508 e. The number of benzene rings is 7. The lowest BCUT2D eigenvalue weighted by Crippen LogP contribution is -2.11. The first-order chi connectivity index (χ1) is 37.8. The van der Waals surface area contributed by atoms with E-state index < -0.39 is 0 Å². The lowest BCUT2D eigenvalue weighted by molar-refractivity contribution is 0.414. The van der Waals surface area contributed by atoms with Crippen LogP contribution in [-0.4, -0.2) is 22.4 Å². The Morgan fingerprint density at radius 1 is 0.367 bits per heavy atom. The van der Waals surface area contributed by atoms with Crippen LogP contribution in [0.1, 0.15) is 259 Å². The molecule has 7 aromatic rings. The molecular formula is C82H134ClN3O4. The first-order valence-corrected chi connectivity index (χ1v) is 29.2. The first-order valence-electron chi connectivity index (χ1n) is 28.8. The number of rotatable bonds is 2. The maximum atomic E-state index is 9.60. The average Bonchev–Trinajstić information content (AvgIpc) is 1.35. The van der Waals surface area contributed by atoms with E-state index in [1.54, 1.807) is 25.3 Å². The lowest BCUT2D eigenvalue weighted by atomic mass is 9.85. The highest BCUT2D eigenvalue weighted by atomic mass is 35.5. The van der Waals surface area contributed by atoms with Crippen molar-refractivity contribution in [3.05, 3.63) is 228 Å². The first kappa shape index (κ1) is 97.0. The van der Waals surface area contributed by atoms with Gasteiger partial charge in [0, 0.05) is 15.6 Å². The number of ether oxygens (including phenoxy) is 1. The van der Waals surface area contributed by atoms with Gasteiger partial charge in [-0.1, -0.05) is 329 Å². The molecule has 0 fully saturated rings. The van der Waals surface area contributed by atoms with Gasteiger partial charge in [-0.2, -0.15) is 0 Å². The number of aromatic hydroxyl groups is 3. The van der Waals surface area contributed by atoms with Crippen molar-refractivity contribution in [2.24, 2.45) is 5.11 Å². The van der Waals surface area contributed by atoms with Crippen molar-refractivity contribution in [3.8, 4) is 23.0 Å². The molecule has 0 heterocycles. The summed E-state index contributed by atoms with van der Waals surface area (Å²) in [6.45, 7) is 53.8. The van der Waals surface area contributed by atoms with Gasteiger partial charge in [0.1, 0.15) is 23.0 Å². The van der Waals surface area contributed by atoms with Crippen LogP contribution in [0.4, 0.5) is 5.69 Å². The molecule has 508 valence electrons. The van der Waals surface area contributed by atoms with Crippen LogP contribution in [0.15, 0.2) is 157 Å². The molecule has 8 heteroatoms. The zero-order valence-electron chi connectivity index (χ0n) is 55.9. The normalized spacial score (nSPS) is 10.6. The van der Waals surface area contributed by atoms with Crippen LogP contribution in [0.25, 0.3) is 10.4 Å². The number of aryl methyl sites for hydroxylation is 4. The molecule has 3 N–H and O–H groups in total. The Hall–Kier alpha value is -6.66. The zero-order chi connectivity index (χ0) is 64.1. The molecule has 0 radical (unpaired) electrons. The Kier molecular flexibility index (Phi) is 44.9. The predicted octanol–water partition coefficient (Wildman–Crippen LogP) is 27.3. The Bertz CT molecular complexity index is 2990. The van der Waals surface area contributed by atoms with Crippen LogP contribution in [0.5, 0.6) is 23.0 Å². The van der Waals surface area contributed by atoms with Gasteiger partial charge >= 0.3 is 0 Å². The van der Waals surface area contributed by atoms with Gasteiger partial charge < -0.3 is 20.1 Å². The van der Waals surface area contributed by atoms with Crippen molar-refractivity contribution in [3.63, 3.8) is 0 Å². The number of azide groups is 1. The quantitative estimate of drug-likeness (QED) is 0.0907. The molecule has 0 bridgehead atoms. The van der Waals surface area contributed by atoms with Crippen LogP contribution >= 0.6 is 11.6 Å². The summed E-state index contributed by atoms with van der Waals surface area (Å²) in [5.74, 6) is 2.05. The van der Waals surface area contributed by atoms with Gasteiger partial charge in [-0.15, -0.1) is 0 Å². The minimum absolute atomic E-state index is 0. The second kappa shape index (κ2) is 41.7. The van der Waals surface area contributed by atoms with E-state index >= 15 is 0 Å². The van der Waals surface area contributed by atoms with E-state index in [1.807, 2.05) is 93.6 Å². The van der Waals surface area contributed by atoms with Crippen LogP contribution in [0.2, 0.25) is 5.02 Å². The van der Waals surface area contributed by atoms with Crippen molar-refractivity contribution >= 4 is 17.3 Å². The maximum Gasteiger partial charge on any atom is 0.121 e. The number of hydrogen-bond acceptors (Lipinski definition) is 5. The molecule has 90 heavy (non-hydrogen) atoms. The molecule has 0 amide bonds. The molecule has 0 aliphatic carbocycles. The molecule has 0 aromatic heterocycles. The van der Waals surface area contributed by atoms with Gasteiger partial charge in [-0.05, 0) is 169 Å². The summed E-state index contributed by atoms with van der Waals surface area (Å²) in [5, 5.41) is 32.2. The van der Waals surface area contributed by atoms with Gasteiger partial charge in [-0.3, -0.25) is 0 Å². The van der Waals surface area contributed by atoms with Gasteiger partial charge in [-0.25, -0.2) is 0 Å². The third-order valence-electron chi connectivity index (χ3n) is 13.6. The second-order valence-corrected chi connectivity index (χ2v) is 29.0. The Morgan fingerprint density at radius 3 is 0.967 bits per heavy atom. The summed E-state index contributed by atoms with van der Waals surface area (Å²) in [4.78, 5) is 2.72. The summed E-state index contributed by atoms with van der Waals surface area (Å²) in [5.41, 5.74) is 23.6. The number of hydrogen-bond donors (Lipinski definition) is 3. The van der Waals surface area contributed by atoms with Crippen molar-refractivity contribution in [2.45, 2.75) is 263 Å². The van der Waals surface area contributed by atoms with Crippen LogP contribution in [0.3, 0.4) is 0 Å². The summed E-state index contributed by atoms with van der Waals surface area (Å²) >= 11 is 5.76. The van der Waals surface area contributed by atoms with E-state index in [-0.39, 0.29) is 89.9 Å². The number of nitrogens with zero attached hydrogens (tertiary/aromatic N) is 3. The molecule has 0 saturated heterocycles. The second-order valence-electron chi connectivity index (χ2n) is 28.6. The summed E-state index contributed by atoms with van der Waals surface area (Å²) in [6.07, 6.45) is 0. The predicted molar refractivity (Wildman–Crippen MR) is 407 cm³/mol. The fourth-order valence-electron chi connectivity index (χ4n) is 7.70. The molecule has 0 unspecified atom stereocenters. The SMILES string of the molecule is C.C.C.C.C.C.C.CC(C)(C)c1ccc(Cl)cc1.CC(C)(C)c1ccc(N=[N+]=[N-])cc1.CC(C)(C)c1ccc(O)cc1.COc1ccc(C(C)(C)C)cc1.Cc1cc(C(C)(C)C)cc(C)c1O.Cc1cc(C(C)(C)C)ccc1O.Cc1cccc(C(C)(C)C)c1. The van der Waals surface area contributed by atoms with E-state index in [4.69, 9.17) is 27.0 Å². The number of halogens is 1. The standard InChI is InChI=1S/C12H18O.2C11H16O.C11H16.C10H13Cl.C10H13N3.C10H14O.7CH4/c1-8-6-10(12(3,4)5)7-9(2)11(8)13;1-11(2,3)9-5-7-10(12-4)8-6-9;1-8-7-9(11(2,3)4)5-6-10(8)12;1-9-6-5-7-10(8-9)11(2,3)4;1-10(2,3)8-4-6-9(11)7-5-8;1-10(2,3)8-4-6-9(7-5-8)12-13-11;1-10(2,3)8-4-6-9(11)7-5-8;;;;;;;/h6-7,13H,1-5H3;5-8H,1-4H3;5-7,12H,1-4H3;5-8H,1-4H3;4-7H,1-3H3;4-7H,1-3H3;4-7,11H,1-3H3;7*1H4. The Balaban J connectivity index is -0.000000176. The maximum absolute atomic E-state index is 9.60. The van der Waals surface area contributed by atoms with E-state index in [1.165, 1.54) is 44.5 Å². The topological polar surface area (TPSA) is 119 Å². The highest BCUT2D eigenvalue weighted by Crippen LogP contribution is 2.32. The number of phenolic OH excluding ortho intramolecular Hbond substituents is 3. The van der Waals surface area contributed by atoms with Gasteiger partial charge in [0.15, 0.2) is 0 Å². The van der Waals surface area contributed by atoms with Crippen LogP contribution in [0, 0.1) is 27.7 Å². The molecule has 7 rings (SSSR count). The fraction of sp³-hybridized carbons (Fsp3) is 0.488. The Labute approximate surface area is 560 Å². The molecule has 0 atom stereocenters. The highest BCUT2D eigenvalue weighted by molar-refractivity contribution is 6.30. The smallest absolute Gasteiger partial charge is 0.121 e. The molecule has 7 aromatic carbocycles. The van der Waals surface area contributed by atoms with E-state index in [9.17, 15) is 10.2 Å². The minimum Gasteiger partial charge on any atom is -0.508 e.